The van der Waals surface area contributed by atoms with E-state index in [1.165, 1.54) is 6.07 Å². The Morgan fingerprint density at radius 2 is 2.08 bits per heavy atom. The summed E-state index contributed by atoms with van der Waals surface area (Å²) in [6.07, 6.45) is 10.3. The molecule has 0 radical (unpaired) electrons. The zero-order valence-electron chi connectivity index (χ0n) is 15.4. The summed E-state index contributed by atoms with van der Waals surface area (Å²) in [6, 6.07) is 6.42. The van der Waals surface area contributed by atoms with Crippen molar-refractivity contribution in [1.29, 1.82) is 0 Å². The van der Waals surface area contributed by atoms with Crippen LogP contribution in [0, 0.1) is 5.92 Å². The number of carbonyl (C=O) groups excluding carboxylic acids is 1. The van der Waals surface area contributed by atoms with Gasteiger partial charge in [0.1, 0.15) is 0 Å². The van der Waals surface area contributed by atoms with Gasteiger partial charge in [-0.2, -0.15) is 4.31 Å². The molecule has 1 N–H and O–H groups in total. The number of piperidine rings is 1. The molecule has 6 heteroatoms. The van der Waals surface area contributed by atoms with Crippen molar-refractivity contribution in [2.75, 3.05) is 13.1 Å². The number of sulfonamides is 1. The standard InChI is InChI=1S/C20H28N2O3S/c1-16-8-5-6-13-22(16)26(24,25)19-12-7-11-18(14-19)20(23)21-15-17-9-3-2-4-10-17/h2-3,7,11-12,14,16-17H,4-6,8-10,13,15H2,1H3,(H,21,23). The topological polar surface area (TPSA) is 66.5 Å². The monoisotopic (exact) mass is 376 g/mol. The van der Waals surface area contributed by atoms with Gasteiger partial charge in [-0.15, -0.1) is 0 Å². The fourth-order valence-corrected chi connectivity index (χ4v) is 5.49. The van der Waals surface area contributed by atoms with Crippen molar-refractivity contribution in [2.45, 2.75) is 56.4 Å². The smallest absolute Gasteiger partial charge is 0.251 e. The molecule has 2 atom stereocenters. The van der Waals surface area contributed by atoms with Crippen LogP contribution in [0.4, 0.5) is 0 Å². The van der Waals surface area contributed by atoms with Gasteiger partial charge in [-0.3, -0.25) is 4.79 Å². The van der Waals surface area contributed by atoms with Gasteiger partial charge in [-0.05, 0) is 63.1 Å². The summed E-state index contributed by atoms with van der Waals surface area (Å²) in [5.41, 5.74) is 0.405. The van der Waals surface area contributed by atoms with Crippen LogP contribution in [0.2, 0.25) is 0 Å². The minimum Gasteiger partial charge on any atom is -0.352 e. The van der Waals surface area contributed by atoms with Crippen molar-refractivity contribution in [1.82, 2.24) is 9.62 Å². The molecule has 2 unspecified atom stereocenters. The van der Waals surface area contributed by atoms with Crippen molar-refractivity contribution in [2.24, 2.45) is 5.92 Å². The van der Waals surface area contributed by atoms with Crippen LogP contribution in [0.5, 0.6) is 0 Å². The first-order valence-electron chi connectivity index (χ1n) is 9.53. The quantitative estimate of drug-likeness (QED) is 0.802. The van der Waals surface area contributed by atoms with Gasteiger partial charge < -0.3 is 5.32 Å². The van der Waals surface area contributed by atoms with Crippen LogP contribution in [0.25, 0.3) is 0 Å². The molecule has 1 amide bonds. The summed E-state index contributed by atoms with van der Waals surface area (Å²) in [5.74, 6) is 0.258. The summed E-state index contributed by atoms with van der Waals surface area (Å²) >= 11 is 0. The fraction of sp³-hybridized carbons (Fsp3) is 0.550. The van der Waals surface area contributed by atoms with E-state index in [9.17, 15) is 13.2 Å². The summed E-state index contributed by atoms with van der Waals surface area (Å²) in [4.78, 5) is 12.7. The van der Waals surface area contributed by atoms with E-state index >= 15 is 0 Å². The molecular formula is C20H28N2O3S. The Hall–Kier alpha value is -1.66. The third kappa shape index (κ3) is 4.35. The van der Waals surface area contributed by atoms with Gasteiger partial charge in [0.05, 0.1) is 4.90 Å². The Balaban J connectivity index is 1.70. The number of nitrogens with one attached hydrogen (secondary N) is 1. The van der Waals surface area contributed by atoms with Gasteiger partial charge in [0, 0.05) is 24.7 Å². The highest BCUT2D eigenvalue weighted by Crippen LogP contribution is 2.25. The van der Waals surface area contributed by atoms with E-state index in [1.807, 2.05) is 6.92 Å². The number of hydrogen-bond acceptors (Lipinski definition) is 3. The largest absolute Gasteiger partial charge is 0.352 e. The predicted molar refractivity (Wildman–Crippen MR) is 102 cm³/mol. The second kappa shape index (κ2) is 8.35. The molecule has 1 saturated heterocycles. The average Bonchev–Trinajstić information content (AvgIpc) is 2.67. The number of hydrogen-bond donors (Lipinski definition) is 1. The summed E-state index contributed by atoms with van der Waals surface area (Å²) in [6.45, 7) is 3.13. The summed E-state index contributed by atoms with van der Waals surface area (Å²) in [5, 5.41) is 2.95. The van der Waals surface area contributed by atoms with E-state index in [1.54, 1.807) is 22.5 Å². The van der Waals surface area contributed by atoms with E-state index < -0.39 is 10.0 Å². The summed E-state index contributed by atoms with van der Waals surface area (Å²) < 4.78 is 27.5. The third-order valence-corrected chi connectivity index (χ3v) is 7.38. The Kier molecular flexibility index (Phi) is 6.14. The molecule has 0 aromatic heterocycles. The number of amides is 1. The normalized spacial score (nSPS) is 24.3. The Morgan fingerprint density at radius 3 is 2.81 bits per heavy atom. The highest BCUT2D eigenvalue weighted by Gasteiger charge is 2.31. The molecule has 2 aliphatic rings. The molecule has 1 heterocycles. The number of nitrogens with zero attached hydrogens (tertiary/aromatic N) is 1. The molecular weight excluding hydrogens is 348 g/mol. The first kappa shape index (κ1) is 19.1. The van der Waals surface area contributed by atoms with Crippen LogP contribution >= 0.6 is 0 Å². The molecule has 3 rings (SSSR count). The van der Waals surface area contributed by atoms with Crippen LogP contribution < -0.4 is 5.32 Å². The first-order chi connectivity index (χ1) is 12.5. The first-order valence-corrected chi connectivity index (χ1v) is 11.0. The maximum Gasteiger partial charge on any atom is 0.251 e. The van der Waals surface area contributed by atoms with Crippen molar-refractivity contribution in [3.63, 3.8) is 0 Å². The lowest BCUT2D eigenvalue weighted by atomic mass is 9.94. The van der Waals surface area contributed by atoms with E-state index in [2.05, 4.69) is 17.5 Å². The van der Waals surface area contributed by atoms with Crippen molar-refractivity contribution in [3.8, 4) is 0 Å². The lowest BCUT2D eigenvalue weighted by Crippen LogP contribution is -2.42. The van der Waals surface area contributed by atoms with Crippen molar-refractivity contribution >= 4 is 15.9 Å². The predicted octanol–water partition coefficient (Wildman–Crippen LogP) is 3.34. The highest BCUT2D eigenvalue weighted by atomic mass is 32.2. The number of rotatable bonds is 5. The van der Waals surface area contributed by atoms with E-state index in [-0.39, 0.29) is 16.8 Å². The average molecular weight is 377 g/mol. The van der Waals surface area contributed by atoms with E-state index in [0.717, 1.165) is 38.5 Å². The van der Waals surface area contributed by atoms with Gasteiger partial charge >= 0.3 is 0 Å². The maximum atomic E-state index is 13.0. The molecule has 26 heavy (non-hydrogen) atoms. The van der Waals surface area contributed by atoms with Crippen molar-refractivity contribution < 1.29 is 13.2 Å². The second-order valence-corrected chi connectivity index (χ2v) is 9.24. The van der Waals surface area contributed by atoms with Crippen LogP contribution in [0.1, 0.15) is 55.8 Å². The SMILES string of the molecule is CC1CCCCN1S(=O)(=O)c1cccc(C(=O)NCC2CC=CCC2)c1. The molecule has 1 aliphatic heterocycles. The second-order valence-electron chi connectivity index (χ2n) is 7.35. The molecule has 0 saturated carbocycles. The Bertz CT molecular complexity index is 773. The minimum absolute atomic E-state index is 0.00517. The van der Waals surface area contributed by atoms with Crippen LogP contribution in [0.3, 0.4) is 0 Å². The van der Waals surface area contributed by atoms with Gasteiger partial charge in [-0.1, -0.05) is 24.6 Å². The van der Waals surface area contributed by atoms with Gasteiger partial charge in [-0.25, -0.2) is 8.42 Å². The fourth-order valence-electron chi connectivity index (χ4n) is 3.74. The third-order valence-electron chi connectivity index (χ3n) is 5.37. The van der Waals surface area contributed by atoms with Crippen LogP contribution in [0.15, 0.2) is 41.3 Å². The molecule has 1 aromatic rings. The number of allylic oxidation sites excluding steroid dienone is 2. The molecule has 1 aromatic carbocycles. The number of carbonyl (C=O) groups is 1. The van der Waals surface area contributed by atoms with Gasteiger partial charge in [0.2, 0.25) is 10.0 Å². The zero-order valence-corrected chi connectivity index (χ0v) is 16.2. The number of benzene rings is 1. The molecule has 1 aliphatic carbocycles. The molecule has 0 bridgehead atoms. The zero-order chi connectivity index (χ0) is 18.6. The van der Waals surface area contributed by atoms with E-state index in [4.69, 9.17) is 0 Å². The van der Waals surface area contributed by atoms with Gasteiger partial charge in [0.25, 0.3) is 5.91 Å². The molecule has 142 valence electrons. The summed E-state index contributed by atoms with van der Waals surface area (Å²) in [7, 11) is -3.56. The molecule has 0 spiro atoms. The minimum atomic E-state index is -3.56. The maximum absolute atomic E-state index is 13.0. The lowest BCUT2D eigenvalue weighted by molar-refractivity contribution is 0.0946. The van der Waals surface area contributed by atoms with Crippen molar-refractivity contribution in [3.05, 3.63) is 42.0 Å². The molecule has 1 fully saturated rings. The Labute approximate surface area is 156 Å². The van der Waals surface area contributed by atoms with Crippen LogP contribution in [-0.2, 0) is 10.0 Å². The highest BCUT2D eigenvalue weighted by molar-refractivity contribution is 7.89. The lowest BCUT2D eigenvalue weighted by Gasteiger charge is -2.32. The van der Waals surface area contributed by atoms with E-state index in [0.29, 0.717) is 24.6 Å². The van der Waals surface area contributed by atoms with Gasteiger partial charge in [0.15, 0.2) is 0 Å². The van der Waals surface area contributed by atoms with Crippen LogP contribution in [-0.4, -0.2) is 37.8 Å². The Morgan fingerprint density at radius 1 is 1.23 bits per heavy atom. The molecule has 5 nitrogen and oxygen atoms in total.